The minimum absolute atomic E-state index is 0.104. The van der Waals surface area contributed by atoms with E-state index in [0.717, 1.165) is 18.5 Å². The van der Waals surface area contributed by atoms with Crippen molar-refractivity contribution >= 4 is 0 Å². The standard InChI is InChI=1S/C21H22FN3O/c1-25-17-7-8-18(25)11-16(10-17)20-3-2-4-21(24-20)26-13-15-6-5-14(12-23)9-19(15)22/h2-6,9,16-18H,7-8,10-11,13H2,1H3. The zero-order valence-corrected chi connectivity index (χ0v) is 14.9. The molecule has 0 spiro atoms. The van der Waals surface area contributed by atoms with Gasteiger partial charge in [0.05, 0.1) is 11.6 Å². The summed E-state index contributed by atoms with van der Waals surface area (Å²) in [4.78, 5) is 7.20. The van der Waals surface area contributed by atoms with Crippen LogP contribution in [0.25, 0.3) is 0 Å². The van der Waals surface area contributed by atoms with Crippen molar-refractivity contribution in [2.24, 2.45) is 0 Å². The Bertz CT molecular complexity index is 833. The fourth-order valence-electron chi connectivity index (χ4n) is 4.28. The first-order valence-corrected chi connectivity index (χ1v) is 9.14. The summed E-state index contributed by atoms with van der Waals surface area (Å²) in [7, 11) is 2.23. The van der Waals surface area contributed by atoms with E-state index in [-0.39, 0.29) is 6.61 Å². The van der Waals surface area contributed by atoms with Gasteiger partial charge in [0.2, 0.25) is 5.88 Å². The zero-order valence-electron chi connectivity index (χ0n) is 14.9. The SMILES string of the molecule is CN1C2CCC1CC(c1cccc(OCc3ccc(C#N)cc3F)n1)C2. The van der Waals surface area contributed by atoms with Crippen molar-refractivity contribution in [1.29, 1.82) is 5.26 Å². The molecule has 2 aliphatic heterocycles. The largest absolute Gasteiger partial charge is 0.473 e. The highest BCUT2D eigenvalue weighted by atomic mass is 19.1. The predicted molar refractivity (Wildman–Crippen MR) is 96.2 cm³/mol. The van der Waals surface area contributed by atoms with Crippen LogP contribution in [0.3, 0.4) is 0 Å². The molecule has 26 heavy (non-hydrogen) atoms. The molecule has 2 fully saturated rings. The van der Waals surface area contributed by atoms with Crippen molar-refractivity contribution in [3.8, 4) is 11.9 Å². The lowest BCUT2D eigenvalue weighted by Gasteiger charge is -2.36. The average Bonchev–Trinajstić information content (AvgIpc) is 2.87. The topological polar surface area (TPSA) is 49.1 Å². The molecule has 4 rings (SSSR count). The number of piperidine rings is 1. The Labute approximate surface area is 153 Å². The van der Waals surface area contributed by atoms with E-state index in [9.17, 15) is 4.39 Å². The highest BCUT2D eigenvalue weighted by Crippen LogP contribution is 2.41. The summed E-state index contributed by atoms with van der Waals surface area (Å²) >= 11 is 0. The molecule has 2 aliphatic rings. The minimum atomic E-state index is -0.424. The zero-order chi connectivity index (χ0) is 18.1. The van der Waals surface area contributed by atoms with E-state index >= 15 is 0 Å². The van der Waals surface area contributed by atoms with Gasteiger partial charge in [-0.1, -0.05) is 12.1 Å². The van der Waals surface area contributed by atoms with Crippen LogP contribution in [0.2, 0.25) is 0 Å². The minimum Gasteiger partial charge on any atom is -0.473 e. The number of pyridine rings is 1. The quantitative estimate of drug-likeness (QED) is 0.835. The molecule has 134 valence electrons. The Morgan fingerprint density at radius 3 is 2.69 bits per heavy atom. The summed E-state index contributed by atoms with van der Waals surface area (Å²) in [6, 6.07) is 13.5. The molecule has 3 heterocycles. The third kappa shape index (κ3) is 3.30. The molecule has 0 N–H and O–H groups in total. The summed E-state index contributed by atoms with van der Waals surface area (Å²) < 4.78 is 19.7. The average molecular weight is 351 g/mol. The molecule has 2 bridgehead atoms. The smallest absolute Gasteiger partial charge is 0.213 e. The number of halogens is 1. The first-order valence-electron chi connectivity index (χ1n) is 9.14. The number of nitriles is 1. The second-order valence-electron chi connectivity index (χ2n) is 7.33. The number of aromatic nitrogens is 1. The van der Waals surface area contributed by atoms with Crippen molar-refractivity contribution in [3.63, 3.8) is 0 Å². The van der Waals surface area contributed by atoms with E-state index < -0.39 is 5.82 Å². The summed E-state index contributed by atoms with van der Waals surface area (Å²) in [5.41, 5.74) is 1.81. The molecule has 0 radical (unpaired) electrons. The number of rotatable bonds is 4. The highest BCUT2D eigenvalue weighted by molar-refractivity contribution is 5.33. The summed E-state index contributed by atoms with van der Waals surface area (Å²) in [6.07, 6.45) is 4.86. The van der Waals surface area contributed by atoms with E-state index in [1.54, 1.807) is 12.1 Å². The predicted octanol–water partition coefficient (Wildman–Crippen LogP) is 4.01. The molecule has 0 amide bonds. The number of hydrogen-bond acceptors (Lipinski definition) is 4. The van der Waals surface area contributed by atoms with Crippen LogP contribution in [0.1, 0.15) is 48.4 Å². The van der Waals surface area contributed by atoms with Gasteiger partial charge in [-0.15, -0.1) is 0 Å². The van der Waals surface area contributed by atoms with Crippen molar-refractivity contribution < 1.29 is 9.13 Å². The van der Waals surface area contributed by atoms with Gasteiger partial charge in [-0.25, -0.2) is 9.37 Å². The van der Waals surface area contributed by atoms with Gasteiger partial charge in [0.25, 0.3) is 0 Å². The Hall–Kier alpha value is -2.45. The Morgan fingerprint density at radius 1 is 1.23 bits per heavy atom. The maximum Gasteiger partial charge on any atom is 0.213 e. The summed E-state index contributed by atoms with van der Waals surface area (Å²) in [5.74, 6) is 0.573. The van der Waals surface area contributed by atoms with Crippen LogP contribution in [0.15, 0.2) is 36.4 Å². The normalized spacial score (nSPS) is 25.0. The lowest BCUT2D eigenvalue weighted by Crippen LogP contribution is -2.39. The maximum atomic E-state index is 14.0. The Balaban J connectivity index is 1.44. The fourth-order valence-corrected chi connectivity index (χ4v) is 4.28. The molecule has 1 aromatic heterocycles. The molecule has 1 aromatic carbocycles. The van der Waals surface area contributed by atoms with Gasteiger partial charge in [-0.2, -0.15) is 5.26 Å². The van der Waals surface area contributed by atoms with Gasteiger partial charge in [0.15, 0.2) is 0 Å². The Kier molecular flexibility index (Phi) is 4.60. The van der Waals surface area contributed by atoms with Crippen molar-refractivity contribution in [2.75, 3.05) is 7.05 Å². The van der Waals surface area contributed by atoms with Gasteiger partial charge in [0.1, 0.15) is 12.4 Å². The van der Waals surface area contributed by atoms with Crippen molar-refractivity contribution in [2.45, 2.75) is 50.3 Å². The molecule has 0 saturated carbocycles. The maximum absolute atomic E-state index is 14.0. The highest BCUT2D eigenvalue weighted by Gasteiger charge is 2.39. The summed E-state index contributed by atoms with van der Waals surface area (Å²) in [5, 5.41) is 8.81. The third-order valence-corrected chi connectivity index (χ3v) is 5.82. The molecule has 2 unspecified atom stereocenters. The van der Waals surface area contributed by atoms with Crippen LogP contribution in [0.4, 0.5) is 4.39 Å². The Morgan fingerprint density at radius 2 is 2.00 bits per heavy atom. The molecular formula is C21H22FN3O. The second kappa shape index (κ2) is 7.05. The molecule has 0 aliphatic carbocycles. The first-order chi connectivity index (χ1) is 12.6. The van der Waals surface area contributed by atoms with Gasteiger partial charge in [-0.05, 0) is 50.9 Å². The number of ether oxygens (including phenoxy) is 1. The number of benzene rings is 1. The van der Waals surface area contributed by atoms with Gasteiger partial charge in [-0.3, -0.25) is 0 Å². The van der Waals surface area contributed by atoms with E-state index in [2.05, 4.69) is 23.0 Å². The molecule has 5 heteroatoms. The number of fused-ring (bicyclic) bond motifs is 2. The van der Waals surface area contributed by atoms with Gasteiger partial charge >= 0.3 is 0 Å². The molecule has 2 aromatic rings. The van der Waals surface area contributed by atoms with Crippen molar-refractivity contribution in [1.82, 2.24) is 9.88 Å². The van der Waals surface area contributed by atoms with Crippen LogP contribution < -0.4 is 4.74 Å². The first kappa shape index (κ1) is 17.0. The summed E-state index contributed by atoms with van der Waals surface area (Å²) in [6.45, 7) is 0.104. The second-order valence-corrected chi connectivity index (χ2v) is 7.33. The van der Waals surface area contributed by atoms with Crippen LogP contribution in [-0.4, -0.2) is 29.0 Å². The molecule has 2 atom stereocenters. The lowest BCUT2D eigenvalue weighted by molar-refractivity contribution is 0.160. The lowest BCUT2D eigenvalue weighted by atomic mass is 9.88. The fraction of sp³-hybridized carbons (Fsp3) is 0.429. The van der Waals surface area contributed by atoms with E-state index in [4.69, 9.17) is 10.00 Å². The van der Waals surface area contributed by atoms with Gasteiger partial charge < -0.3 is 9.64 Å². The van der Waals surface area contributed by atoms with E-state index in [1.807, 2.05) is 18.2 Å². The van der Waals surface area contributed by atoms with Crippen LogP contribution in [-0.2, 0) is 6.61 Å². The third-order valence-electron chi connectivity index (χ3n) is 5.82. The number of hydrogen-bond donors (Lipinski definition) is 0. The van der Waals surface area contributed by atoms with Crippen molar-refractivity contribution in [3.05, 3.63) is 59.0 Å². The molecule has 2 saturated heterocycles. The van der Waals surface area contributed by atoms with Crippen LogP contribution in [0.5, 0.6) is 5.88 Å². The van der Waals surface area contributed by atoms with Crippen LogP contribution in [0, 0.1) is 17.1 Å². The monoisotopic (exact) mass is 351 g/mol. The number of nitrogens with zero attached hydrogens (tertiary/aromatic N) is 3. The molecule has 4 nitrogen and oxygen atoms in total. The van der Waals surface area contributed by atoms with E-state index in [1.165, 1.54) is 18.9 Å². The van der Waals surface area contributed by atoms with E-state index in [0.29, 0.717) is 35.0 Å². The van der Waals surface area contributed by atoms with Gasteiger partial charge in [0, 0.05) is 35.3 Å². The molecular weight excluding hydrogens is 329 g/mol. The van der Waals surface area contributed by atoms with Crippen LogP contribution >= 0.6 is 0 Å².